The van der Waals surface area contributed by atoms with Gasteiger partial charge >= 0.3 is 12.1 Å². The van der Waals surface area contributed by atoms with E-state index in [0.29, 0.717) is 32.5 Å². The Hall–Kier alpha value is -3.24. The summed E-state index contributed by atoms with van der Waals surface area (Å²) in [6.07, 6.45) is -2.21. The van der Waals surface area contributed by atoms with Crippen molar-refractivity contribution in [1.29, 1.82) is 0 Å². The van der Waals surface area contributed by atoms with Gasteiger partial charge in [0.1, 0.15) is 6.33 Å². The Balaban J connectivity index is 1.75. The van der Waals surface area contributed by atoms with Gasteiger partial charge in [-0.2, -0.15) is 13.2 Å². The van der Waals surface area contributed by atoms with Gasteiger partial charge in [-0.25, -0.2) is 9.97 Å². The fourth-order valence-corrected chi connectivity index (χ4v) is 3.53. The molecule has 31 heavy (non-hydrogen) atoms. The average molecular weight is 437 g/mol. The van der Waals surface area contributed by atoms with E-state index in [1.54, 1.807) is 6.92 Å². The third-order valence-corrected chi connectivity index (χ3v) is 5.08. The van der Waals surface area contributed by atoms with Gasteiger partial charge in [0.05, 0.1) is 18.1 Å². The number of nitrogens with one attached hydrogen (secondary N) is 1. The molecular weight excluding hydrogens is 415 g/mol. The number of anilines is 2. The SMILES string of the molecule is CCOC(=O)C1CCN(c2ncnc(NCc3ccccc3C(F)(F)F)c2N=O)CC1. The van der Waals surface area contributed by atoms with Crippen LogP contribution < -0.4 is 10.2 Å². The Morgan fingerprint density at radius 1 is 1.26 bits per heavy atom. The van der Waals surface area contributed by atoms with Gasteiger partial charge in [0.2, 0.25) is 0 Å². The lowest BCUT2D eigenvalue weighted by atomic mass is 9.97. The molecule has 0 spiro atoms. The van der Waals surface area contributed by atoms with Crippen LogP contribution in [0.4, 0.5) is 30.5 Å². The zero-order chi connectivity index (χ0) is 22.4. The summed E-state index contributed by atoms with van der Waals surface area (Å²) in [7, 11) is 0. The van der Waals surface area contributed by atoms with Crippen LogP contribution in [0.2, 0.25) is 0 Å². The molecular formula is C20H22F3N5O3. The molecule has 0 amide bonds. The molecule has 1 aromatic carbocycles. The first-order valence-corrected chi connectivity index (χ1v) is 9.84. The van der Waals surface area contributed by atoms with E-state index in [4.69, 9.17) is 4.74 Å². The number of alkyl halides is 3. The highest BCUT2D eigenvalue weighted by Crippen LogP contribution is 2.36. The lowest BCUT2D eigenvalue weighted by Crippen LogP contribution is -2.37. The second kappa shape index (κ2) is 9.71. The molecule has 0 radical (unpaired) electrons. The smallest absolute Gasteiger partial charge is 0.416 e. The maximum Gasteiger partial charge on any atom is 0.416 e. The minimum absolute atomic E-state index is 0.0160. The quantitative estimate of drug-likeness (QED) is 0.510. The summed E-state index contributed by atoms with van der Waals surface area (Å²) in [5.41, 5.74) is -0.831. The Bertz CT molecular complexity index is 931. The van der Waals surface area contributed by atoms with Gasteiger partial charge in [0.15, 0.2) is 17.3 Å². The highest BCUT2D eigenvalue weighted by Gasteiger charge is 2.33. The van der Waals surface area contributed by atoms with Gasteiger partial charge in [-0.05, 0) is 36.6 Å². The number of hydrogen-bond acceptors (Lipinski definition) is 8. The van der Waals surface area contributed by atoms with Crippen molar-refractivity contribution in [2.24, 2.45) is 11.1 Å². The highest BCUT2D eigenvalue weighted by atomic mass is 19.4. The van der Waals surface area contributed by atoms with E-state index in [0.717, 1.165) is 6.07 Å². The summed E-state index contributed by atoms with van der Waals surface area (Å²) in [5.74, 6) is -0.144. The molecule has 8 nitrogen and oxygen atoms in total. The monoisotopic (exact) mass is 437 g/mol. The first-order valence-electron chi connectivity index (χ1n) is 9.84. The van der Waals surface area contributed by atoms with E-state index < -0.39 is 11.7 Å². The Kier molecular flexibility index (Phi) is 7.03. The van der Waals surface area contributed by atoms with Gasteiger partial charge < -0.3 is 15.0 Å². The molecule has 1 N–H and O–H groups in total. The van der Waals surface area contributed by atoms with Gasteiger partial charge in [-0.3, -0.25) is 4.79 Å². The summed E-state index contributed by atoms with van der Waals surface area (Å²) in [5, 5.41) is 5.79. The Morgan fingerprint density at radius 2 is 1.97 bits per heavy atom. The number of halogens is 3. The molecule has 3 rings (SSSR count). The minimum Gasteiger partial charge on any atom is -0.466 e. The van der Waals surface area contributed by atoms with Crippen molar-refractivity contribution in [2.45, 2.75) is 32.5 Å². The molecule has 166 valence electrons. The summed E-state index contributed by atoms with van der Waals surface area (Å²) in [4.78, 5) is 33.4. The molecule has 0 atom stereocenters. The lowest BCUT2D eigenvalue weighted by Gasteiger charge is -2.32. The van der Waals surface area contributed by atoms with Gasteiger partial charge in [0.25, 0.3) is 0 Å². The van der Waals surface area contributed by atoms with Crippen LogP contribution >= 0.6 is 0 Å². The minimum atomic E-state index is -4.50. The fraction of sp³-hybridized carbons (Fsp3) is 0.450. The first-order chi connectivity index (χ1) is 14.8. The molecule has 1 aliphatic rings. The maximum atomic E-state index is 13.2. The lowest BCUT2D eigenvalue weighted by molar-refractivity contribution is -0.148. The molecule has 1 aliphatic heterocycles. The summed E-state index contributed by atoms with van der Waals surface area (Å²) >= 11 is 0. The van der Waals surface area contributed by atoms with Gasteiger partial charge in [-0.1, -0.05) is 18.2 Å². The first kappa shape index (κ1) is 22.4. The van der Waals surface area contributed by atoms with Gasteiger partial charge in [-0.15, -0.1) is 4.91 Å². The number of rotatable bonds is 7. The standard InChI is InChI=1S/C20H22F3N5O3/c1-2-31-19(29)13-7-9-28(10-8-13)18-16(27-30)17(25-12-26-18)24-11-14-5-3-4-6-15(14)20(21,22)23/h3-6,12-13H,2,7-11H2,1H3,(H,24,25,26). The predicted octanol–water partition coefficient (Wildman–Crippen LogP) is 4.28. The van der Waals surface area contributed by atoms with E-state index >= 15 is 0 Å². The van der Waals surface area contributed by atoms with E-state index in [2.05, 4.69) is 20.5 Å². The number of nitrogens with zero attached hydrogens (tertiary/aromatic N) is 4. The summed E-state index contributed by atoms with van der Waals surface area (Å²) < 4.78 is 44.7. The second-order valence-electron chi connectivity index (χ2n) is 7.01. The van der Waals surface area contributed by atoms with Crippen LogP contribution in [0.25, 0.3) is 0 Å². The number of aromatic nitrogens is 2. The number of hydrogen-bond donors (Lipinski definition) is 1. The number of benzene rings is 1. The Labute approximate surface area is 176 Å². The number of esters is 1. The van der Waals surface area contributed by atoms with E-state index in [1.165, 1.54) is 24.5 Å². The van der Waals surface area contributed by atoms with Crippen molar-refractivity contribution < 1.29 is 22.7 Å². The van der Waals surface area contributed by atoms with Crippen molar-refractivity contribution >= 4 is 23.3 Å². The molecule has 2 heterocycles. The van der Waals surface area contributed by atoms with Crippen LogP contribution in [0, 0.1) is 10.8 Å². The molecule has 0 aliphatic carbocycles. The third kappa shape index (κ3) is 5.28. The fourth-order valence-electron chi connectivity index (χ4n) is 3.53. The summed E-state index contributed by atoms with van der Waals surface area (Å²) in [6, 6.07) is 5.17. The van der Waals surface area contributed by atoms with Crippen molar-refractivity contribution in [1.82, 2.24) is 9.97 Å². The second-order valence-corrected chi connectivity index (χ2v) is 7.01. The predicted molar refractivity (Wildman–Crippen MR) is 108 cm³/mol. The van der Waals surface area contributed by atoms with Crippen molar-refractivity contribution in [3.8, 4) is 0 Å². The van der Waals surface area contributed by atoms with Crippen LogP contribution in [-0.4, -0.2) is 35.6 Å². The third-order valence-electron chi connectivity index (χ3n) is 5.08. The largest absolute Gasteiger partial charge is 0.466 e. The summed E-state index contributed by atoms with van der Waals surface area (Å²) in [6.45, 7) is 2.78. The van der Waals surface area contributed by atoms with Gasteiger partial charge in [0, 0.05) is 19.6 Å². The van der Waals surface area contributed by atoms with Crippen LogP contribution in [0.15, 0.2) is 35.8 Å². The molecule has 0 saturated carbocycles. The van der Waals surface area contributed by atoms with Crippen LogP contribution in [0.1, 0.15) is 30.9 Å². The number of carbonyl (C=O) groups is 1. The average Bonchev–Trinajstić information content (AvgIpc) is 2.77. The van der Waals surface area contributed by atoms with Crippen molar-refractivity contribution in [3.63, 3.8) is 0 Å². The molecule has 11 heteroatoms. The zero-order valence-electron chi connectivity index (χ0n) is 16.9. The number of carbonyl (C=O) groups excluding carboxylic acids is 1. The molecule has 1 aromatic heterocycles. The highest BCUT2D eigenvalue weighted by molar-refractivity contribution is 5.75. The Morgan fingerprint density at radius 3 is 2.61 bits per heavy atom. The topological polar surface area (TPSA) is 96.8 Å². The molecule has 0 unspecified atom stereocenters. The van der Waals surface area contributed by atoms with Crippen molar-refractivity contribution in [3.05, 3.63) is 46.6 Å². The number of nitroso groups, excluding NO2 is 1. The van der Waals surface area contributed by atoms with Crippen LogP contribution in [0.3, 0.4) is 0 Å². The van der Waals surface area contributed by atoms with Crippen molar-refractivity contribution in [2.75, 3.05) is 29.9 Å². The maximum absolute atomic E-state index is 13.2. The molecule has 1 fully saturated rings. The van der Waals surface area contributed by atoms with E-state index in [-0.39, 0.29) is 41.3 Å². The number of ether oxygens (including phenoxy) is 1. The van der Waals surface area contributed by atoms with Crippen LogP contribution in [-0.2, 0) is 22.3 Å². The van der Waals surface area contributed by atoms with Crippen LogP contribution in [0.5, 0.6) is 0 Å². The van der Waals surface area contributed by atoms with E-state index in [1.807, 2.05) is 4.90 Å². The normalized spacial score (nSPS) is 14.9. The zero-order valence-corrected chi connectivity index (χ0v) is 16.9. The molecule has 0 bridgehead atoms. The molecule has 2 aromatic rings. The van der Waals surface area contributed by atoms with E-state index in [9.17, 15) is 22.9 Å². The molecule has 1 saturated heterocycles. The number of piperidine rings is 1.